The van der Waals surface area contributed by atoms with Gasteiger partial charge < -0.3 is 9.84 Å². The van der Waals surface area contributed by atoms with E-state index in [-0.39, 0.29) is 10.8 Å². The number of hydrogen-bond acceptors (Lipinski definition) is 5. The van der Waals surface area contributed by atoms with Gasteiger partial charge in [0.1, 0.15) is 5.60 Å². The Morgan fingerprint density at radius 3 is 1.84 bits per heavy atom. The molecule has 1 rings (SSSR count). The van der Waals surface area contributed by atoms with E-state index >= 15 is 0 Å². The third-order valence-corrected chi connectivity index (χ3v) is 3.86. The second kappa shape index (κ2) is 6.94. The second-order valence-electron chi connectivity index (χ2n) is 8.56. The van der Waals surface area contributed by atoms with Crippen molar-refractivity contribution < 1.29 is 29.2 Å². The largest absolute Gasteiger partial charge is 0.550 e. The van der Waals surface area contributed by atoms with Crippen LogP contribution in [-0.2, 0) is 30.9 Å². The molecule has 0 unspecified atom stereocenters. The number of rotatable bonds is 2. The van der Waals surface area contributed by atoms with Crippen molar-refractivity contribution in [2.75, 3.05) is 0 Å². The topological polar surface area (TPSA) is 82.1 Å². The van der Waals surface area contributed by atoms with Crippen LogP contribution in [0, 0.1) is 0 Å². The van der Waals surface area contributed by atoms with Gasteiger partial charge in [0, 0.05) is 0 Å². The van der Waals surface area contributed by atoms with E-state index in [0.717, 1.165) is 16.7 Å². The van der Waals surface area contributed by atoms with E-state index in [0.29, 0.717) is 0 Å². The lowest BCUT2D eigenvalue weighted by Crippen LogP contribution is -2.31. The number of hydrogen-bond donors (Lipinski definition) is 1. The Morgan fingerprint density at radius 2 is 1.40 bits per heavy atom. The highest BCUT2D eigenvalue weighted by atomic mass is 17.3. The highest BCUT2D eigenvalue weighted by molar-refractivity contribution is 5.63. The number of ether oxygens (including phenoxy) is 1. The summed E-state index contributed by atoms with van der Waals surface area (Å²) in [6.07, 6.45) is -2.94. The summed E-state index contributed by atoms with van der Waals surface area (Å²) in [5, 5.41) is 8.40. The van der Waals surface area contributed by atoms with Crippen molar-refractivity contribution in [2.24, 2.45) is 0 Å². The maximum absolute atomic E-state index is 11.7. The molecule has 0 heterocycles. The normalized spacial score (nSPS) is 12.5. The molecule has 6 nitrogen and oxygen atoms in total. The molecule has 1 N–H and O–H groups in total. The molecule has 1 aromatic rings. The molecule has 6 heteroatoms. The van der Waals surface area contributed by atoms with Gasteiger partial charge in [-0.3, -0.25) is 0 Å². The molecule has 0 amide bonds. The molecule has 0 aromatic heterocycles. The van der Waals surface area contributed by atoms with E-state index in [1.54, 1.807) is 13.8 Å². The van der Waals surface area contributed by atoms with Crippen LogP contribution < -0.4 is 0 Å². The number of carbonyl (C=O) groups excluding carboxylic acids is 1. The van der Waals surface area contributed by atoms with Crippen LogP contribution in [0.3, 0.4) is 0 Å². The molecule has 0 bridgehead atoms. The molecule has 0 atom stereocenters. The zero-order valence-electron chi connectivity index (χ0n) is 16.2. The third kappa shape index (κ3) is 5.66. The van der Waals surface area contributed by atoms with Gasteiger partial charge in [-0.25, -0.2) is 9.68 Å². The summed E-state index contributed by atoms with van der Waals surface area (Å²) in [5.41, 5.74) is 1.67. The highest BCUT2D eigenvalue weighted by Crippen LogP contribution is 2.38. The van der Waals surface area contributed by atoms with Crippen LogP contribution in [0.4, 0.5) is 9.59 Å². The predicted octanol–water partition coefficient (Wildman–Crippen LogP) is 5.28. The first-order chi connectivity index (χ1) is 11.1. The summed E-state index contributed by atoms with van der Waals surface area (Å²) in [6.45, 7) is 16.0. The lowest BCUT2D eigenvalue weighted by atomic mass is 9.76. The van der Waals surface area contributed by atoms with Gasteiger partial charge in [0.2, 0.25) is 0 Å². The lowest BCUT2D eigenvalue weighted by Gasteiger charge is -2.33. The Kier molecular flexibility index (Phi) is 5.78. The van der Waals surface area contributed by atoms with Gasteiger partial charge in [-0.05, 0) is 41.4 Å². The Bertz CT molecular complexity index is 647. The van der Waals surface area contributed by atoms with Crippen LogP contribution in [0.2, 0.25) is 0 Å². The number of benzene rings is 1. The maximum Gasteiger partial charge on any atom is 0.550 e. The van der Waals surface area contributed by atoms with Crippen molar-refractivity contribution in [3.8, 4) is 0 Å². The minimum Gasteiger partial charge on any atom is -0.447 e. The van der Waals surface area contributed by atoms with E-state index in [4.69, 9.17) is 9.84 Å². The third-order valence-electron chi connectivity index (χ3n) is 3.86. The van der Waals surface area contributed by atoms with Gasteiger partial charge in [0.25, 0.3) is 0 Å². The predicted molar refractivity (Wildman–Crippen MR) is 93.5 cm³/mol. The van der Waals surface area contributed by atoms with E-state index in [2.05, 4.69) is 57.4 Å². The summed E-state index contributed by atoms with van der Waals surface area (Å²) in [7, 11) is 0. The van der Waals surface area contributed by atoms with Gasteiger partial charge in [-0.2, -0.15) is 9.68 Å². The average molecular weight is 352 g/mol. The van der Waals surface area contributed by atoms with Crippen LogP contribution in [0.25, 0.3) is 0 Å². The molecule has 0 aliphatic carbocycles. The molecule has 0 saturated heterocycles. The lowest BCUT2D eigenvalue weighted by molar-refractivity contribution is -0.222. The molecule has 0 radical (unpaired) electrons. The standard InChI is InChI=1S/C19H28O6/c1-17(2,3)12-9-10-13(18(4,5)6)14(11-12)19(7,8)23-16(22)25-24-15(20)21/h9-11H,1-8H3,(H,20,21). The van der Waals surface area contributed by atoms with Crippen LogP contribution in [0.15, 0.2) is 18.2 Å². The van der Waals surface area contributed by atoms with Crippen LogP contribution in [0.5, 0.6) is 0 Å². The minimum absolute atomic E-state index is 0.0752. The molecule has 1 aromatic carbocycles. The van der Waals surface area contributed by atoms with Gasteiger partial charge >= 0.3 is 12.3 Å². The molecule has 0 saturated carbocycles. The van der Waals surface area contributed by atoms with Gasteiger partial charge in [0.15, 0.2) is 0 Å². The molecular formula is C19H28O6. The fraction of sp³-hybridized carbons (Fsp3) is 0.579. The van der Waals surface area contributed by atoms with Crippen LogP contribution >= 0.6 is 0 Å². The first-order valence-electron chi connectivity index (χ1n) is 8.10. The van der Waals surface area contributed by atoms with E-state index in [1.165, 1.54) is 0 Å². The monoisotopic (exact) mass is 352 g/mol. The van der Waals surface area contributed by atoms with Gasteiger partial charge in [-0.15, -0.1) is 0 Å². The fourth-order valence-corrected chi connectivity index (χ4v) is 2.51. The quantitative estimate of drug-likeness (QED) is 0.443. The SMILES string of the molecule is CC(C)(C)c1ccc(C(C)(C)C)c(C(C)(C)OC(=O)OOC(=O)O)c1. The summed E-state index contributed by atoms with van der Waals surface area (Å²) in [6, 6.07) is 6.14. The van der Waals surface area contributed by atoms with E-state index < -0.39 is 17.9 Å². The number of carbonyl (C=O) groups is 2. The minimum atomic E-state index is -1.72. The Hall–Kier alpha value is -2.24. The first kappa shape index (κ1) is 20.8. The first-order valence-corrected chi connectivity index (χ1v) is 8.10. The van der Waals surface area contributed by atoms with Crippen molar-refractivity contribution in [3.05, 3.63) is 34.9 Å². The van der Waals surface area contributed by atoms with Crippen LogP contribution in [0.1, 0.15) is 72.1 Å². The van der Waals surface area contributed by atoms with Gasteiger partial charge in [-0.1, -0.05) is 59.7 Å². The average Bonchev–Trinajstić information content (AvgIpc) is 2.42. The van der Waals surface area contributed by atoms with Crippen molar-refractivity contribution in [3.63, 3.8) is 0 Å². The zero-order valence-corrected chi connectivity index (χ0v) is 16.2. The van der Waals surface area contributed by atoms with Crippen molar-refractivity contribution in [2.45, 2.75) is 71.8 Å². The second-order valence-corrected chi connectivity index (χ2v) is 8.56. The molecule has 140 valence electrons. The van der Waals surface area contributed by atoms with Crippen molar-refractivity contribution in [1.29, 1.82) is 0 Å². The fourth-order valence-electron chi connectivity index (χ4n) is 2.51. The smallest absolute Gasteiger partial charge is 0.447 e. The molecule has 0 fully saturated rings. The highest BCUT2D eigenvalue weighted by Gasteiger charge is 2.34. The zero-order chi connectivity index (χ0) is 19.6. The van der Waals surface area contributed by atoms with Crippen molar-refractivity contribution >= 4 is 12.3 Å². The summed E-state index contributed by atoms with van der Waals surface area (Å²) >= 11 is 0. The molecule has 0 aliphatic rings. The molecule has 25 heavy (non-hydrogen) atoms. The Balaban J connectivity index is 3.30. The van der Waals surface area contributed by atoms with E-state index in [1.807, 2.05) is 12.1 Å². The Morgan fingerprint density at radius 1 is 0.840 bits per heavy atom. The molecule has 0 spiro atoms. The molecular weight excluding hydrogens is 324 g/mol. The van der Waals surface area contributed by atoms with Crippen molar-refractivity contribution in [1.82, 2.24) is 0 Å². The maximum atomic E-state index is 11.7. The summed E-state index contributed by atoms with van der Waals surface area (Å²) in [4.78, 5) is 30.0. The van der Waals surface area contributed by atoms with E-state index in [9.17, 15) is 9.59 Å². The van der Waals surface area contributed by atoms with Gasteiger partial charge in [0.05, 0.1) is 0 Å². The van der Waals surface area contributed by atoms with Crippen LogP contribution in [-0.4, -0.2) is 17.4 Å². The number of carboxylic acid groups (broad SMARTS) is 1. The molecule has 0 aliphatic heterocycles. The Labute approximate surface area is 149 Å². The summed E-state index contributed by atoms with van der Waals surface area (Å²) in [5.74, 6) is 0. The summed E-state index contributed by atoms with van der Waals surface area (Å²) < 4.78 is 5.33.